The molecule has 1 amide bonds. The minimum absolute atomic E-state index is 0.151. The Kier molecular flexibility index (Phi) is 5.25. The lowest BCUT2D eigenvalue weighted by Gasteiger charge is -2.33. The molecule has 0 spiro atoms. The van der Waals surface area contributed by atoms with Crippen LogP contribution in [0, 0.1) is 5.82 Å². The van der Waals surface area contributed by atoms with E-state index in [0.717, 1.165) is 11.3 Å². The molecule has 1 aromatic heterocycles. The first-order valence-corrected chi connectivity index (χ1v) is 8.99. The number of benzene rings is 2. The molecule has 6 nitrogen and oxygen atoms in total. The van der Waals surface area contributed by atoms with E-state index in [1.807, 2.05) is 30.3 Å². The van der Waals surface area contributed by atoms with Crippen molar-refractivity contribution in [2.45, 2.75) is 6.10 Å². The molecule has 1 N–H and O–H groups in total. The van der Waals surface area contributed by atoms with Crippen molar-refractivity contribution in [3.05, 3.63) is 83.9 Å². The zero-order valence-corrected chi connectivity index (χ0v) is 15.1. The number of nitrogens with zero attached hydrogens (tertiary/aromatic N) is 3. The Bertz CT molecular complexity index is 933. The van der Waals surface area contributed by atoms with Gasteiger partial charge in [-0.15, -0.1) is 0 Å². The van der Waals surface area contributed by atoms with E-state index in [9.17, 15) is 9.18 Å². The van der Waals surface area contributed by atoms with Crippen molar-refractivity contribution in [2.24, 2.45) is 0 Å². The third kappa shape index (κ3) is 4.15. The number of rotatable bonds is 4. The molecule has 28 heavy (non-hydrogen) atoms. The Labute approximate surface area is 162 Å². The second-order valence-corrected chi connectivity index (χ2v) is 6.45. The summed E-state index contributed by atoms with van der Waals surface area (Å²) in [6, 6.07) is 15.7. The molecular formula is C21H19FN4O2. The summed E-state index contributed by atoms with van der Waals surface area (Å²) in [5.74, 6) is -0.0237. The minimum atomic E-state index is -0.297. The molecule has 2 aromatic carbocycles. The molecule has 1 aliphatic heterocycles. The maximum Gasteiger partial charge on any atom is 0.257 e. The average molecular weight is 378 g/mol. The molecule has 1 saturated heterocycles. The van der Waals surface area contributed by atoms with Crippen LogP contribution in [0.4, 0.5) is 16.0 Å². The summed E-state index contributed by atoms with van der Waals surface area (Å²) < 4.78 is 18.9. The molecule has 3 aromatic rings. The van der Waals surface area contributed by atoms with Gasteiger partial charge in [0.05, 0.1) is 18.7 Å². The van der Waals surface area contributed by atoms with Crippen molar-refractivity contribution < 1.29 is 13.9 Å². The molecule has 0 bridgehead atoms. The Hall–Kier alpha value is -3.32. The van der Waals surface area contributed by atoms with Crippen molar-refractivity contribution in [3.8, 4) is 0 Å². The number of morpholine rings is 1. The van der Waals surface area contributed by atoms with Gasteiger partial charge in [0, 0.05) is 24.6 Å². The largest absolute Gasteiger partial charge is 0.370 e. The van der Waals surface area contributed by atoms with Crippen molar-refractivity contribution >= 4 is 17.5 Å². The fourth-order valence-electron chi connectivity index (χ4n) is 3.05. The summed E-state index contributed by atoms with van der Waals surface area (Å²) in [7, 11) is 0. The molecule has 142 valence electrons. The number of hydrogen-bond donors (Lipinski definition) is 1. The van der Waals surface area contributed by atoms with Crippen molar-refractivity contribution in [3.63, 3.8) is 0 Å². The van der Waals surface area contributed by atoms with Gasteiger partial charge in [0.1, 0.15) is 11.9 Å². The number of anilines is 2. The molecular weight excluding hydrogens is 359 g/mol. The van der Waals surface area contributed by atoms with E-state index in [4.69, 9.17) is 4.74 Å². The minimum Gasteiger partial charge on any atom is -0.370 e. The van der Waals surface area contributed by atoms with E-state index < -0.39 is 0 Å². The first-order valence-electron chi connectivity index (χ1n) is 8.99. The number of carbonyl (C=O) groups is 1. The summed E-state index contributed by atoms with van der Waals surface area (Å²) >= 11 is 0. The van der Waals surface area contributed by atoms with Crippen LogP contribution in [-0.4, -0.2) is 40.5 Å². The Morgan fingerprint density at radius 2 is 1.79 bits per heavy atom. The quantitative estimate of drug-likeness (QED) is 0.752. The van der Waals surface area contributed by atoms with Gasteiger partial charge in [-0.1, -0.05) is 30.3 Å². The van der Waals surface area contributed by atoms with Gasteiger partial charge in [-0.3, -0.25) is 4.79 Å². The number of halogens is 1. The summed E-state index contributed by atoms with van der Waals surface area (Å²) in [5, 5.41) is 3.08. The SMILES string of the molecule is O=C(c1cnc(Nc2ccccc2)nc1)N1CCO[C@H](c2ccc(F)cc2)C1. The van der Waals surface area contributed by atoms with Crippen molar-refractivity contribution in [2.75, 3.05) is 25.0 Å². The molecule has 0 saturated carbocycles. The maximum absolute atomic E-state index is 13.1. The molecule has 1 atom stereocenters. The topological polar surface area (TPSA) is 67.4 Å². The standard InChI is InChI=1S/C21H19FN4O2/c22-17-8-6-15(7-9-17)19-14-26(10-11-28-19)20(27)16-12-23-21(24-13-16)25-18-4-2-1-3-5-18/h1-9,12-13,19H,10-11,14H2,(H,23,24,25)/t19-/m0/s1. The van der Waals surface area contributed by atoms with Crippen LogP contribution in [0.15, 0.2) is 67.0 Å². The summed E-state index contributed by atoms with van der Waals surface area (Å²) in [6.07, 6.45) is 2.75. The molecule has 7 heteroatoms. The van der Waals surface area contributed by atoms with Crippen molar-refractivity contribution in [1.82, 2.24) is 14.9 Å². The van der Waals surface area contributed by atoms with Gasteiger partial charge >= 0.3 is 0 Å². The number of carbonyl (C=O) groups excluding carboxylic acids is 1. The molecule has 2 heterocycles. The maximum atomic E-state index is 13.1. The number of ether oxygens (including phenoxy) is 1. The van der Waals surface area contributed by atoms with Crippen LogP contribution >= 0.6 is 0 Å². The lowest BCUT2D eigenvalue weighted by molar-refractivity contribution is -0.0228. The van der Waals surface area contributed by atoms with Gasteiger partial charge < -0.3 is 15.0 Å². The lowest BCUT2D eigenvalue weighted by Crippen LogP contribution is -2.42. The molecule has 0 aliphatic carbocycles. The highest BCUT2D eigenvalue weighted by Gasteiger charge is 2.26. The Morgan fingerprint density at radius 3 is 2.50 bits per heavy atom. The Morgan fingerprint density at radius 1 is 1.07 bits per heavy atom. The van der Waals surface area contributed by atoms with Crippen LogP contribution in [0.25, 0.3) is 0 Å². The summed E-state index contributed by atoms with van der Waals surface area (Å²) in [4.78, 5) is 23.0. The van der Waals surface area contributed by atoms with E-state index in [2.05, 4.69) is 15.3 Å². The monoisotopic (exact) mass is 378 g/mol. The molecule has 0 radical (unpaired) electrons. The third-order valence-corrected chi connectivity index (χ3v) is 4.52. The van der Waals surface area contributed by atoms with E-state index in [1.54, 1.807) is 17.0 Å². The number of para-hydroxylation sites is 1. The van der Waals surface area contributed by atoms with E-state index in [1.165, 1.54) is 24.5 Å². The van der Waals surface area contributed by atoms with Gasteiger partial charge in [0.2, 0.25) is 5.95 Å². The highest BCUT2D eigenvalue weighted by atomic mass is 19.1. The van der Waals surface area contributed by atoms with Gasteiger partial charge in [0.15, 0.2) is 0 Å². The number of nitrogens with one attached hydrogen (secondary N) is 1. The van der Waals surface area contributed by atoms with Crippen LogP contribution in [0.1, 0.15) is 22.0 Å². The van der Waals surface area contributed by atoms with Gasteiger partial charge in [-0.05, 0) is 29.8 Å². The fourth-order valence-corrected chi connectivity index (χ4v) is 3.05. The van der Waals surface area contributed by atoms with Crippen LogP contribution in [0.5, 0.6) is 0 Å². The predicted octanol–water partition coefficient (Wildman–Crippen LogP) is 3.57. The van der Waals surface area contributed by atoms with Gasteiger partial charge in [0.25, 0.3) is 5.91 Å². The fraction of sp³-hybridized carbons (Fsp3) is 0.190. The molecule has 0 unspecified atom stereocenters. The summed E-state index contributed by atoms with van der Waals surface area (Å²) in [6.45, 7) is 1.30. The zero-order valence-electron chi connectivity index (χ0n) is 15.1. The van der Waals surface area contributed by atoms with Crippen LogP contribution < -0.4 is 5.32 Å². The highest BCUT2D eigenvalue weighted by Crippen LogP contribution is 2.23. The predicted molar refractivity (Wildman–Crippen MR) is 103 cm³/mol. The number of aromatic nitrogens is 2. The smallest absolute Gasteiger partial charge is 0.257 e. The number of hydrogen-bond acceptors (Lipinski definition) is 5. The van der Waals surface area contributed by atoms with Gasteiger partial charge in [-0.2, -0.15) is 0 Å². The second kappa shape index (κ2) is 8.14. The number of amides is 1. The lowest BCUT2D eigenvalue weighted by atomic mass is 10.1. The first kappa shape index (κ1) is 18.1. The second-order valence-electron chi connectivity index (χ2n) is 6.45. The summed E-state index contributed by atoms with van der Waals surface area (Å²) in [5.41, 5.74) is 2.13. The average Bonchev–Trinajstić information content (AvgIpc) is 2.75. The molecule has 4 rings (SSSR count). The van der Waals surface area contributed by atoms with Crippen molar-refractivity contribution in [1.29, 1.82) is 0 Å². The van der Waals surface area contributed by atoms with Crippen LogP contribution in [-0.2, 0) is 4.74 Å². The first-order chi connectivity index (χ1) is 13.7. The van der Waals surface area contributed by atoms with Crippen LogP contribution in [0.2, 0.25) is 0 Å². The van der Waals surface area contributed by atoms with Gasteiger partial charge in [-0.25, -0.2) is 14.4 Å². The third-order valence-electron chi connectivity index (χ3n) is 4.52. The van der Waals surface area contributed by atoms with Crippen LogP contribution in [0.3, 0.4) is 0 Å². The normalized spacial score (nSPS) is 16.6. The molecule has 1 aliphatic rings. The molecule has 1 fully saturated rings. The Balaban J connectivity index is 1.42. The zero-order chi connectivity index (χ0) is 19.3. The highest BCUT2D eigenvalue weighted by molar-refractivity contribution is 5.93. The van der Waals surface area contributed by atoms with E-state index in [0.29, 0.717) is 31.2 Å². The van der Waals surface area contributed by atoms with E-state index >= 15 is 0 Å². The van der Waals surface area contributed by atoms with E-state index in [-0.39, 0.29) is 17.8 Å².